The van der Waals surface area contributed by atoms with Crippen molar-refractivity contribution in [2.45, 2.75) is 0 Å². The van der Waals surface area contributed by atoms with E-state index in [0.29, 0.717) is 0 Å². The van der Waals surface area contributed by atoms with Gasteiger partial charge in [-0.1, -0.05) is 6.58 Å². The van der Waals surface area contributed by atoms with Crippen LogP contribution in [0, 0.1) is 0 Å². The zero-order valence-electron chi connectivity index (χ0n) is 3.85. The van der Waals surface area contributed by atoms with E-state index in [-0.39, 0.29) is 6.54 Å². The Morgan fingerprint density at radius 3 is 2.29 bits per heavy atom. The summed E-state index contributed by atoms with van der Waals surface area (Å²) in [5.74, 6) is -0.984. The van der Waals surface area contributed by atoms with E-state index in [0.717, 1.165) is 0 Å². The van der Waals surface area contributed by atoms with Gasteiger partial charge in [-0.25, -0.2) is 0 Å². The van der Waals surface area contributed by atoms with Crippen molar-refractivity contribution in [3.8, 4) is 0 Å². The van der Waals surface area contributed by atoms with Crippen LogP contribution in [0.15, 0.2) is 12.3 Å². The number of ketones is 1. The molecular weight excluding hydrogens is 94.0 g/mol. The molecule has 0 spiro atoms. The van der Waals surface area contributed by atoms with Gasteiger partial charge < -0.3 is 10.8 Å². The van der Waals surface area contributed by atoms with Gasteiger partial charge in [0.2, 0.25) is 5.78 Å². The van der Waals surface area contributed by atoms with Crippen LogP contribution in [-0.2, 0) is 4.79 Å². The maximum absolute atomic E-state index is 10.0. The maximum Gasteiger partial charge on any atom is 0.209 e. The highest BCUT2D eigenvalue weighted by molar-refractivity contribution is 5.93. The molecule has 0 aliphatic rings. The largest absolute Gasteiger partial charge is 0.505 e. The van der Waals surface area contributed by atoms with E-state index in [4.69, 9.17) is 10.8 Å². The van der Waals surface area contributed by atoms with E-state index < -0.39 is 11.5 Å². The van der Waals surface area contributed by atoms with Crippen molar-refractivity contribution < 1.29 is 9.90 Å². The smallest absolute Gasteiger partial charge is 0.209 e. The van der Waals surface area contributed by atoms with Crippen molar-refractivity contribution in [3.05, 3.63) is 12.3 Å². The minimum Gasteiger partial charge on any atom is -0.505 e. The Hall–Kier alpha value is -0.830. The van der Waals surface area contributed by atoms with E-state index in [1.165, 1.54) is 0 Å². The van der Waals surface area contributed by atoms with E-state index in [1.807, 2.05) is 0 Å². The normalized spacial score (nSPS) is 8.14. The molecular formula is C4H7NO2. The minimum atomic E-state index is -0.514. The number of hydrogen-bond donors (Lipinski definition) is 2. The zero-order chi connectivity index (χ0) is 5.86. The van der Waals surface area contributed by atoms with Gasteiger partial charge in [-0.2, -0.15) is 0 Å². The molecule has 0 unspecified atom stereocenters. The van der Waals surface area contributed by atoms with Crippen LogP contribution in [-0.4, -0.2) is 17.4 Å². The summed E-state index contributed by atoms with van der Waals surface area (Å²) in [6, 6.07) is 0. The molecule has 0 saturated heterocycles. The quantitative estimate of drug-likeness (QED) is 0.367. The molecule has 3 nitrogen and oxygen atoms in total. The van der Waals surface area contributed by atoms with Gasteiger partial charge in [0.1, 0.15) is 0 Å². The lowest BCUT2D eigenvalue weighted by molar-refractivity contribution is -0.116. The predicted molar refractivity (Wildman–Crippen MR) is 25.8 cm³/mol. The second-order valence-electron chi connectivity index (χ2n) is 1.07. The molecule has 0 atom stereocenters. The van der Waals surface area contributed by atoms with Gasteiger partial charge in [0.05, 0.1) is 6.54 Å². The van der Waals surface area contributed by atoms with Crippen molar-refractivity contribution in [2.24, 2.45) is 5.73 Å². The molecule has 0 aliphatic carbocycles. The summed E-state index contributed by atoms with van der Waals surface area (Å²) < 4.78 is 0. The van der Waals surface area contributed by atoms with E-state index in [9.17, 15) is 4.79 Å². The predicted octanol–water partition coefficient (Wildman–Crippen LogP) is -0.414. The highest BCUT2D eigenvalue weighted by Crippen LogP contribution is 1.79. The molecule has 0 aliphatic heterocycles. The average Bonchev–Trinajstić information content (AvgIpc) is 1.65. The molecule has 0 amide bonds. The fraction of sp³-hybridized carbons (Fsp3) is 0.250. The summed E-state index contributed by atoms with van der Waals surface area (Å²) in [5, 5.41) is 8.20. The Labute approximate surface area is 41.4 Å². The van der Waals surface area contributed by atoms with Crippen LogP contribution in [0.2, 0.25) is 0 Å². The molecule has 0 aromatic heterocycles. The molecule has 0 bridgehead atoms. The first-order chi connectivity index (χ1) is 3.18. The molecule has 3 heteroatoms. The molecule has 7 heavy (non-hydrogen) atoms. The summed E-state index contributed by atoms with van der Waals surface area (Å²) in [6.45, 7) is 2.78. The molecule has 0 heterocycles. The number of hydrogen-bond acceptors (Lipinski definition) is 3. The topological polar surface area (TPSA) is 63.3 Å². The SMILES string of the molecule is C=C(O)C(=O)CN. The highest BCUT2D eigenvalue weighted by atomic mass is 16.3. The van der Waals surface area contributed by atoms with E-state index in [1.54, 1.807) is 0 Å². The van der Waals surface area contributed by atoms with Gasteiger partial charge in [-0.3, -0.25) is 4.79 Å². The van der Waals surface area contributed by atoms with E-state index >= 15 is 0 Å². The van der Waals surface area contributed by atoms with Crippen LogP contribution in [0.3, 0.4) is 0 Å². The van der Waals surface area contributed by atoms with E-state index in [2.05, 4.69) is 6.58 Å². The molecule has 0 radical (unpaired) electrons. The van der Waals surface area contributed by atoms with Crippen LogP contribution in [0.4, 0.5) is 0 Å². The Balaban J connectivity index is 3.58. The highest BCUT2D eigenvalue weighted by Gasteiger charge is 1.97. The standard InChI is InChI=1S/C4H7NO2/c1-3(6)4(7)2-5/h6H,1-2,5H2. The van der Waals surface area contributed by atoms with Crippen LogP contribution in [0.5, 0.6) is 0 Å². The fourth-order valence-corrected chi connectivity index (χ4v) is 0.118. The lowest BCUT2D eigenvalue weighted by Gasteiger charge is -1.87. The van der Waals surface area contributed by atoms with Crippen LogP contribution in [0.25, 0.3) is 0 Å². The number of nitrogens with two attached hydrogens (primary N) is 1. The molecule has 0 fully saturated rings. The summed E-state index contributed by atoms with van der Waals surface area (Å²) in [7, 11) is 0. The van der Waals surface area contributed by atoms with Gasteiger partial charge in [0.15, 0.2) is 5.76 Å². The second-order valence-corrected chi connectivity index (χ2v) is 1.07. The first-order valence-corrected chi connectivity index (χ1v) is 1.79. The van der Waals surface area contributed by atoms with Crippen LogP contribution < -0.4 is 5.73 Å². The molecule has 40 valence electrons. The van der Waals surface area contributed by atoms with Crippen molar-refractivity contribution in [1.82, 2.24) is 0 Å². The van der Waals surface area contributed by atoms with Crippen LogP contribution >= 0.6 is 0 Å². The van der Waals surface area contributed by atoms with Gasteiger partial charge in [0.25, 0.3) is 0 Å². The third-order valence-corrected chi connectivity index (χ3v) is 0.507. The number of Topliss-reactive ketones (excluding diaryl/α,β-unsaturated/α-hetero) is 1. The van der Waals surface area contributed by atoms with Crippen molar-refractivity contribution >= 4 is 5.78 Å². The summed E-state index contributed by atoms with van der Waals surface area (Å²) >= 11 is 0. The fourth-order valence-electron chi connectivity index (χ4n) is 0.118. The Bertz CT molecular complexity index is 97.9. The van der Waals surface area contributed by atoms with Crippen molar-refractivity contribution in [2.75, 3.05) is 6.54 Å². The summed E-state index contributed by atoms with van der Waals surface area (Å²) in [6.07, 6.45) is 0. The van der Waals surface area contributed by atoms with Gasteiger partial charge in [0, 0.05) is 0 Å². The third kappa shape index (κ3) is 1.94. The van der Waals surface area contributed by atoms with Gasteiger partial charge in [-0.05, 0) is 0 Å². The maximum atomic E-state index is 10.0. The number of aliphatic hydroxyl groups is 1. The molecule has 3 N–H and O–H groups in total. The van der Waals surface area contributed by atoms with Crippen LogP contribution in [0.1, 0.15) is 0 Å². The van der Waals surface area contributed by atoms with Crippen molar-refractivity contribution in [1.29, 1.82) is 0 Å². The molecule has 0 rings (SSSR count). The molecule has 0 aromatic rings. The molecule has 0 saturated carbocycles. The average molecular weight is 101 g/mol. The Morgan fingerprint density at radius 1 is 1.86 bits per heavy atom. The minimum absolute atomic E-state index is 0.171. The number of carbonyl (C=O) groups is 1. The summed E-state index contributed by atoms with van der Waals surface area (Å²) in [4.78, 5) is 10.0. The first kappa shape index (κ1) is 6.17. The van der Waals surface area contributed by atoms with Gasteiger partial charge >= 0.3 is 0 Å². The lowest BCUT2D eigenvalue weighted by atomic mass is 10.4. The van der Waals surface area contributed by atoms with Crippen molar-refractivity contribution in [3.63, 3.8) is 0 Å². The summed E-state index contributed by atoms with van der Waals surface area (Å²) in [5.41, 5.74) is 4.80. The monoisotopic (exact) mass is 101 g/mol. The Morgan fingerprint density at radius 2 is 2.29 bits per heavy atom. The number of carbonyl (C=O) groups excluding carboxylic acids is 1. The van der Waals surface area contributed by atoms with Gasteiger partial charge in [-0.15, -0.1) is 0 Å². The molecule has 0 aromatic carbocycles. The number of aliphatic hydroxyl groups excluding tert-OH is 1. The number of rotatable bonds is 2. The third-order valence-electron chi connectivity index (χ3n) is 0.507. The first-order valence-electron chi connectivity index (χ1n) is 1.79. The zero-order valence-corrected chi connectivity index (χ0v) is 3.85. The lowest BCUT2D eigenvalue weighted by Crippen LogP contribution is -2.14. The second kappa shape index (κ2) is 2.36. The Kier molecular flexibility index (Phi) is 2.08.